The Morgan fingerprint density at radius 1 is 1.28 bits per heavy atom. The number of nitrogens with two attached hydrogens (primary N) is 1. The van der Waals surface area contributed by atoms with E-state index in [2.05, 4.69) is 16.9 Å². The molecule has 0 radical (unpaired) electrons. The fraction of sp³-hybridized carbons (Fsp3) is 0.429. The Morgan fingerprint density at radius 3 is 2.67 bits per heavy atom. The quantitative estimate of drug-likeness (QED) is 0.470. The second-order valence-corrected chi connectivity index (χ2v) is 10.4. The third-order valence-corrected chi connectivity index (χ3v) is 7.78. The fourth-order valence-corrected chi connectivity index (χ4v) is 5.54. The van der Waals surface area contributed by atoms with Crippen LogP contribution in [-0.4, -0.2) is 58.9 Å². The first-order valence-electron chi connectivity index (χ1n) is 12.8. The molecule has 3 aromatic rings. The maximum atomic E-state index is 15.7. The molecule has 206 valence electrons. The summed E-state index contributed by atoms with van der Waals surface area (Å²) in [4.78, 5) is 27.8. The molecule has 11 heteroatoms. The normalized spacial score (nSPS) is 19.9. The van der Waals surface area contributed by atoms with Gasteiger partial charge in [-0.15, -0.1) is 0 Å². The molecule has 8 nitrogen and oxygen atoms in total. The summed E-state index contributed by atoms with van der Waals surface area (Å²) < 4.78 is 51.7. The minimum atomic E-state index is -2.91. The number of imidazole rings is 1. The average molecular weight is 541 g/mol. The number of benzene rings is 1. The Balaban J connectivity index is 1.81. The van der Waals surface area contributed by atoms with Gasteiger partial charge in [0.25, 0.3) is 6.43 Å². The van der Waals surface area contributed by atoms with Gasteiger partial charge in [-0.2, -0.15) is 0 Å². The van der Waals surface area contributed by atoms with Crippen LogP contribution in [0.3, 0.4) is 0 Å². The van der Waals surface area contributed by atoms with Gasteiger partial charge >= 0.3 is 0 Å². The molecule has 2 aliphatic heterocycles. The number of nitrogens with zero attached hydrogens (tertiary/aromatic N) is 5. The van der Waals surface area contributed by atoms with Crippen molar-refractivity contribution >= 4 is 28.7 Å². The Hall–Kier alpha value is -3.73. The number of aromatic nitrogens is 3. The van der Waals surface area contributed by atoms with E-state index in [1.54, 1.807) is 18.9 Å². The number of aliphatic imine (C=N–C) groups is 1. The molecular formula is C28H31F3N6O2. The predicted octanol–water partition coefficient (Wildman–Crippen LogP) is 4.78. The highest BCUT2D eigenvalue weighted by Crippen LogP contribution is 2.43. The zero-order valence-electron chi connectivity index (χ0n) is 22.3. The van der Waals surface area contributed by atoms with Crippen LogP contribution in [0, 0.1) is 5.82 Å². The van der Waals surface area contributed by atoms with Gasteiger partial charge in [0.2, 0.25) is 5.91 Å². The number of halogens is 3. The highest BCUT2D eigenvalue weighted by Gasteiger charge is 2.41. The molecular weight excluding hydrogens is 509 g/mol. The molecule has 1 amide bonds. The van der Waals surface area contributed by atoms with E-state index in [1.807, 2.05) is 4.57 Å². The van der Waals surface area contributed by atoms with Crippen molar-refractivity contribution in [2.24, 2.45) is 10.7 Å². The number of ether oxygens (including phenoxy) is 1. The average Bonchev–Trinajstić information content (AvgIpc) is 3.29. The maximum Gasteiger partial charge on any atom is 0.266 e. The van der Waals surface area contributed by atoms with Gasteiger partial charge in [-0.1, -0.05) is 6.92 Å². The Morgan fingerprint density at radius 2 is 2.00 bits per heavy atom. The first kappa shape index (κ1) is 26.9. The summed E-state index contributed by atoms with van der Waals surface area (Å²) in [5, 5.41) is 0.197. The molecule has 2 aliphatic rings. The van der Waals surface area contributed by atoms with Crippen LogP contribution in [0.15, 0.2) is 29.3 Å². The standard InChI is InChI=1S/C28H31F3N6O2/c1-15-26(38)36(4)14-21-24(35-27(37(15)21)28(2)8-11-39-12-9-28)22-16-13-17(25(30)31)23(19(32)7-10-33-3)34-20(16)6-5-18(22)29/h5-7,10,13,15,25H,8-9,11-12,14,32H2,1-4H3. The number of allylic oxidation sites excluding steroid dienone is 1. The third-order valence-electron chi connectivity index (χ3n) is 7.78. The van der Waals surface area contributed by atoms with Crippen LogP contribution >= 0.6 is 0 Å². The molecule has 0 spiro atoms. The number of hydrogen-bond acceptors (Lipinski definition) is 6. The molecule has 0 bridgehead atoms. The van der Waals surface area contributed by atoms with Crippen LogP contribution in [0.5, 0.6) is 0 Å². The molecule has 0 saturated carbocycles. The number of carbonyl (C=O) groups is 1. The van der Waals surface area contributed by atoms with Crippen molar-refractivity contribution in [3.63, 3.8) is 0 Å². The number of hydrogen-bond donors (Lipinski definition) is 1. The number of amides is 1. The zero-order valence-corrected chi connectivity index (χ0v) is 22.3. The highest BCUT2D eigenvalue weighted by molar-refractivity contribution is 5.97. The molecule has 1 unspecified atom stereocenters. The van der Waals surface area contributed by atoms with Crippen LogP contribution in [0.4, 0.5) is 13.2 Å². The van der Waals surface area contributed by atoms with Crippen molar-refractivity contribution in [3.05, 3.63) is 52.9 Å². The van der Waals surface area contributed by atoms with Crippen LogP contribution in [0.25, 0.3) is 27.9 Å². The topological polar surface area (TPSA) is 98.6 Å². The molecule has 0 aliphatic carbocycles. The van der Waals surface area contributed by atoms with Crippen LogP contribution in [0.1, 0.15) is 61.9 Å². The lowest BCUT2D eigenvalue weighted by Crippen LogP contribution is -2.42. The summed E-state index contributed by atoms with van der Waals surface area (Å²) in [7, 11) is 3.22. The summed E-state index contributed by atoms with van der Waals surface area (Å²) >= 11 is 0. The van der Waals surface area contributed by atoms with Gasteiger partial charge in [0.1, 0.15) is 17.7 Å². The van der Waals surface area contributed by atoms with E-state index in [9.17, 15) is 13.6 Å². The van der Waals surface area contributed by atoms with Crippen molar-refractivity contribution < 1.29 is 22.7 Å². The van der Waals surface area contributed by atoms with E-state index in [0.717, 1.165) is 0 Å². The van der Waals surface area contributed by atoms with Gasteiger partial charge in [-0.3, -0.25) is 9.79 Å². The number of carbonyl (C=O) groups excluding carboxylic acids is 1. The SMILES string of the molecule is CN=CC=C(N)c1nc2ccc(F)c(-c3nc(C4(C)CCOCC4)n4c3CN(C)C(=O)C4C)c2cc1C(F)F. The maximum absolute atomic E-state index is 15.7. The number of pyridine rings is 1. The minimum absolute atomic E-state index is 0.0201. The summed E-state index contributed by atoms with van der Waals surface area (Å²) in [5.41, 5.74) is 6.52. The van der Waals surface area contributed by atoms with Gasteiger partial charge in [0.15, 0.2) is 0 Å². The Kier molecular flexibility index (Phi) is 6.96. The van der Waals surface area contributed by atoms with E-state index in [-0.39, 0.29) is 34.8 Å². The van der Waals surface area contributed by atoms with E-state index < -0.39 is 29.3 Å². The van der Waals surface area contributed by atoms with E-state index >= 15 is 4.39 Å². The largest absolute Gasteiger partial charge is 0.397 e. The lowest BCUT2D eigenvalue weighted by atomic mass is 9.81. The molecule has 1 fully saturated rings. The van der Waals surface area contributed by atoms with Crippen molar-refractivity contribution in [2.45, 2.75) is 51.1 Å². The van der Waals surface area contributed by atoms with Gasteiger partial charge in [0, 0.05) is 55.5 Å². The second kappa shape index (κ2) is 10.1. The lowest BCUT2D eigenvalue weighted by molar-refractivity contribution is -0.135. The van der Waals surface area contributed by atoms with Crippen LogP contribution in [0.2, 0.25) is 0 Å². The third kappa shape index (κ3) is 4.48. The van der Waals surface area contributed by atoms with Gasteiger partial charge in [-0.05, 0) is 44.0 Å². The second-order valence-electron chi connectivity index (χ2n) is 10.4. The summed E-state index contributed by atoms with van der Waals surface area (Å²) in [6.45, 7) is 5.16. The minimum Gasteiger partial charge on any atom is -0.397 e. The van der Waals surface area contributed by atoms with E-state index in [1.165, 1.54) is 37.5 Å². The first-order valence-corrected chi connectivity index (χ1v) is 12.8. The van der Waals surface area contributed by atoms with Crippen molar-refractivity contribution in [2.75, 3.05) is 27.3 Å². The molecule has 1 atom stereocenters. The predicted molar refractivity (Wildman–Crippen MR) is 143 cm³/mol. The Labute approximate surface area is 224 Å². The summed E-state index contributed by atoms with van der Waals surface area (Å²) in [6, 6.07) is 3.38. The fourth-order valence-electron chi connectivity index (χ4n) is 5.54. The van der Waals surface area contributed by atoms with Gasteiger partial charge < -0.3 is 19.9 Å². The molecule has 2 N–H and O–H groups in total. The number of likely N-dealkylation sites (N-methyl/N-ethyl adjacent to an activating group) is 1. The van der Waals surface area contributed by atoms with Crippen molar-refractivity contribution in [3.8, 4) is 11.3 Å². The smallest absolute Gasteiger partial charge is 0.266 e. The monoisotopic (exact) mass is 540 g/mol. The van der Waals surface area contributed by atoms with Gasteiger partial charge in [-0.25, -0.2) is 23.1 Å². The molecule has 2 aromatic heterocycles. The van der Waals surface area contributed by atoms with Crippen LogP contribution in [-0.2, 0) is 21.5 Å². The van der Waals surface area contributed by atoms with Crippen molar-refractivity contribution in [1.82, 2.24) is 19.4 Å². The highest BCUT2D eigenvalue weighted by atomic mass is 19.3. The lowest BCUT2D eigenvalue weighted by Gasteiger charge is -2.37. The zero-order chi connectivity index (χ0) is 28.1. The molecule has 1 aromatic carbocycles. The molecule has 39 heavy (non-hydrogen) atoms. The summed E-state index contributed by atoms with van der Waals surface area (Å²) in [6.07, 6.45) is 1.25. The van der Waals surface area contributed by atoms with Crippen LogP contribution < -0.4 is 5.73 Å². The molecule has 5 rings (SSSR count). The molecule has 1 saturated heterocycles. The number of fused-ring (bicyclic) bond motifs is 2. The first-order chi connectivity index (χ1) is 18.6. The number of alkyl halides is 2. The van der Waals surface area contributed by atoms with Crippen molar-refractivity contribution in [1.29, 1.82) is 0 Å². The Bertz CT molecular complexity index is 1510. The van der Waals surface area contributed by atoms with E-state index in [4.69, 9.17) is 15.5 Å². The van der Waals surface area contributed by atoms with E-state index in [0.29, 0.717) is 48.8 Å². The van der Waals surface area contributed by atoms with Gasteiger partial charge in [0.05, 0.1) is 34.8 Å². The summed E-state index contributed by atoms with van der Waals surface area (Å²) in [5.74, 6) is -0.0209. The number of rotatable bonds is 5. The molecule has 4 heterocycles.